The molecule has 3 heterocycles. The van der Waals surface area contributed by atoms with E-state index >= 15 is 0 Å². The molecular weight excluding hydrogens is 394 g/mol. The minimum atomic E-state index is -3.71. The summed E-state index contributed by atoms with van der Waals surface area (Å²) in [4.78, 5) is 37.4. The van der Waals surface area contributed by atoms with Crippen molar-refractivity contribution >= 4 is 33.5 Å². The Bertz CT molecular complexity index is 1040. The zero-order valence-electron chi connectivity index (χ0n) is 15.9. The van der Waals surface area contributed by atoms with Crippen molar-refractivity contribution in [2.45, 2.75) is 6.92 Å². The van der Waals surface area contributed by atoms with Gasteiger partial charge in [0.15, 0.2) is 0 Å². The quantitative estimate of drug-likeness (QED) is 0.729. The number of carbonyl (C=O) groups is 2. The third kappa shape index (κ3) is 3.67. The van der Waals surface area contributed by atoms with Crippen molar-refractivity contribution in [1.82, 2.24) is 14.9 Å². The van der Waals surface area contributed by atoms with Gasteiger partial charge in [0.2, 0.25) is 21.9 Å². The van der Waals surface area contributed by atoms with E-state index < -0.39 is 21.8 Å². The molecule has 2 aromatic rings. The Labute approximate surface area is 169 Å². The SMILES string of the molecule is CC1CS(=O)(=O)N(c2cccc(C(=O)N3CCN(c4ncccn4)CC3)c2)C1=O. The lowest BCUT2D eigenvalue weighted by molar-refractivity contribution is -0.119. The van der Waals surface area contributed by atoms with Crippen LogP contribution in [0.3, 0.4) is 0 Å². The van der Waals surface area contributed by atoms with Gasteiger partial charge in [0.25, 0.3) is 5.91 Å². The first-order valence-corrected chi connectivity index (χ1v) is 11.0. The van der Waals surface area contributed by atoms with Crippen molar-refractivity contribution in [3.8, 4) is 0 Å². The number of carbonyl (C=O) groups excluding carboxylic acids is 2. The largest absolute Gasteiger partial charge is 0.337 e. The monoisotopic (exact) mass is 415 g/mol. The summed E-state index contributed by atoms with van der Waals surface area (Å²) in [7, 11) is -3.71. The third-order valence-electron chi connectivity index (χ3n) is 5.09. The number of benzene rings is 1. The summed E-state index contributed by atoms with van der Waals surface area (Å²) in [6.45, 7) is 3.79. The number of rotatable bonds is 3. The van der Waals surface area contributed by atoms with Crippen LogP contribution in [0.25, 0.3) is 0 Å². The second-order valence-corrected chi connectivity index (χ2v) is 9.02. The van der Waals surface area contributed by atoms with Gasteiger partial charge in [-0.3, -0.25) is 9.59 Å². The normalized spacial score (nSPS) is 21.5. The van der Waals surface area contributed by atoms with Crippen LogP contribution in [0.15, 0.2) is 42.7 Å². The van der Waals surface area contributed by atoms with Crippen LogP contribution in [0, 0.1) is 5.92 Å². The number of amides is 2. The highest BCUT2D eigenvalue weighted by molar-refractivity contribution is 7.94. The molecule has 0 bridgehead atoms. The van der Waals surface area contributed by atoms with Gasteiger partial charge in [-0.25, -0.2) is 22.7 Å². The predicted molar refractivity (Wildman–Crippen MR) is 107 cm³/mol. The molecule has 0 saturated carbocycles. The number of hydrogen-bond acceptors (Lipinski definition) is 7. The van der Waals surface area contributed by atoms with Crippen LogP contribution < -0.4 is 9.21 Å². The highest BCUT2D eigenvalue weighted by Gasteiger charge is 2.42. The molecule has 1 aromatic heterocycles. The number of sulfonamides is 1. The summed E-state index contributed by atoms with van der Waals surface area (Å²) in [5, 5.41) is 0. The molecule has 2 fully saturated rings. The fourth-order valence-corrected chi connectivity index (χ4v) is 5.41. The second kappa shape index (κ2) is 7.43. The summed E-state index contributed by atoms with van der Waals surface area (Å²) in [6.07, 6.45) is 3.36. The van der Waals surface area contributed by atoms with Gasteiger partial charge in [-0.1, -0.05) is 13.0 Å². The number of anilines is 2. The van der Waals surface area contributed by atoms with E-state index in [2.05, 4.69) is 9.97 Å². The summed E-state index contributed by atoms with van der Waals surface area (Å²) in [5.74, 6) is -0.835. The topological polar surface area (TPSA) is 104 Å². The third-order valence-corrected chi connectivity index (χ3v) is 6.96. The lowest BCUT2D eigenvalue weighted by atomic mass is 10.1. The van der Waals surface area contributed by atoms with E-state index in [1.807, 2.05) is 4.90 Å². The zero-order chi connectivity index (χ0) is 20.6. The lowest BCUT2D eigenvalue weighted by Gasteiger charge is -2.34. The Morgan fingerprint density at radius 3 is 2.38 bits per heavy atom. The maximum absolute atomic E-state index is 12.9. The van der Waals surface area contributed by atoms with Crippen molar-refractivity contribution in [2.75, 3.05) is 41.1 Å². The van der Waals surface area contributed by atoms with Crippen LogP contribution in [-0.4, -0.2) is 67.0 Å². The Balaban J connectivity index is 1.49. The van der Waals surface area contributed by atoms with Crippen LogP contribution in [-0.2, 0) is 14.8 Å². The lowest BCUT2D eigenvalue weighted by Crippen LogP contribution is -2.49. The molecule has 2 amide bonds. The van der Waals surface area contributed by atoms with Crippen molar-refractivity contribution in [3.05, 3.63) is 48.3 Å². The van der Waals surface area contributed by atoms with Crippen molar-refractivity contribution in [2.24, 2.45) is 5.92 Å². The summed E-state index contributed by atoms with van der Waals surface area (Å²) >= 11 is 0. The fraction of sp³-hybridized carbons (Fsp3) is 0.368. The van der Waals surface area contributed by atoms with E-state index in [-0.39, 0.29) is 17.3 Å². The number of aromatic nitrogens is 2. The van der Waals surface area contributed by atoms with Gasteiger partial charge >= 0.3 is 0 Å². The fourth-order valence-electron chi connectivity index (χ4n) is 3.60. The molecule has 2 aliphatic heterocycles. The summed E-state index contributed by atoms with van der Waals surface area (Å²) in [5.41, 5.74) is 0.566. The van der Waals surface area contributed by atoms with Gasteiger partial charge in [-0.05, 0) is 24.3 Å². The summed E-state index contributed by atoms with van der Waals surface area (Å²) in [6, 6.07) is 8.00. The Morgan fingerprint density at radius 1 is 1.07 bits per heavy atom. The van der Waals surface area contributed by atoms with E-state index in [1.54, 1.807) is 42.4 Å². The first-order chi connectivity index (χ1) is 13.9. The molecule has 0 N–H and O–H groups in total. The minimum absolute atomic E-state index is 0.197. The molecule has 0 aliphatic carbocycles. The van der Waals surface area contributed by atoms with Crippen molar-refractivity contribution in [1.29, 1.82) is 0 Å². The maximum Gasteiger partial charge on any atom is 0.254 e. The van der Waals surface area contributed by atoms with Crippen LogP contribution in [0.4, 0.5) is 11.6 Å². The predicted octanol–water partition coefficient (Wildman–Crippen LogP) is 0.751. The standard InChI is InChI=1S/C19H21N5O4S/c1-14-13-29(27,28)24(17(14)25)16-5-2-4-15(12-16)18(26)22-8-10-23(11-9-22)19-20-6-3-7-21-19/h2-7,12,14H,8-11,13H2,1H3. The average molecular weight is 415 g/mol. The van der Waals surface area contributed by atoms with Gasteiger partial charge in [0, 0.05) is 44.1 Å². The summed E-state index contributed by atoms with van der Waals surface area (Å²) < 4.78 is 25.5. The van der Waals surface area contributed by atoms with Gasteiger partial charge in [-0.2, -0.15) is 0 Å². The highest BCUT2D eigenvalue weighted by Crippen LogP contribution is 2.29. The number of piperazine rings is 1. The molecule has 9 nitrogen and oxygen atoms in total. The molecule has 152 valence electrons. The second-order valence-electron chi connectivity index (χ2n) is 7.16. The first-order valence-electron chi connectivity index (χ1n) is 9.35. The zero-order valence-corrected chi connectivity index (χ0v) is 16.7. The molecule has 10 heteroatoms. The number of hydrogen-bond donors (Lipinski definition) is 0. The Kier molecular flexibility index (Phi) is 4.95. The molecule has 4 rings (SSSR count). The van der Waals surface area contributed by atoms with Gasteiger partial charge in [-0.15, -0.1) is 0 Å². The molecule has 1 aromatic carbocycles. The minimum Gasteiger partial charge on any atom is -0.337 e. The molecule has 1 unspecified atom stereocenters. The molecule has 29 heavy (non-hydrogen) atoms. The molecule has 2 saturated heterocycles. The van der Waals surface area contributed by atoms with E-state index in [9.17, 15) is 18.0 Å². The van der Waals surface area contributed by atoms with Gasteiger partial charge in [0.1, 0.15) is 0 Å². The van der Waals surface area contributed by atoms with E-state index in [1.165, 1.54) is 12.1 Å². The molecule has 0 radical (unpaired) electrons. The van der Waals surface area contributed by atoms with Gasteiger partial charge < -0.3 is 9.80 Å². The highest BCUT2D eigenvalue weighted by atomic mass is 32.2. The average Bonchev–Trinajstić information content (AvgIpc) is 2.94. The van der Waals surface area contributed by atoms with Crippen LogP contribution in [0.1, 0.15) is 17.3 Å². The van der Waals surface area contributed by atoms with E-state index in [4.69, 9.17) is 0 Å². The smallest absolute Gasteiger partial charge is 0.254 e. The molecular formula is C19H21N5O4S. The van der Waals surface area contributed by atoms with Crippen molar-refractivity contribution < 1.29 is 18.0 Å². The Hall–Kier alpha value is -3.01. The van der Waals surface area contributed by atoms with Crippen LogP contribution >= 0.6 is 0 Å². The van der Waals surface area contributed by atoms with E-state index in [0.717, 1.165) is 4.31 Å². The van der Waals surface area contributed by atoms with E-state index in [0.29, 0.717) is 37.7 Å². The van der Waals surface area contributed by atoms with Gasteiger partial charge in [0.05, 0.1) is 17.4 Å². The maximum atomic E-state index is 12.9. The van der Waals surface area contributed by atoms with Crippen LogP contribution in [0.2, 0.25) is 0 Å². The molecule has 1 atom stereocenters. The molecule has 0 spiro atoms. The number of nitrogens with zero attached hydrogens (tertiary/aromatic N) is 5. The first kappa shape index (κ1) is 19.3. The Morgan fingerprint density at radius 2 is 1.76 bits per heavy atom. The van der Waals surface area contributed by atoms with Crippen LogP contribution in [0.5, 0.6) is 0 Å². The van der Waals surface area contributed by atoms with Crippen molar-refractivity contribution in [3.63, 3.8) is 0 Å². The molecule has 2 aliphatic rings.